The van der Waals surface area contributed by atoms with Crippen LogP contribution in [-0.4, -0.2) is 36.6 Å². The molecule has 0 radical (unpaired) electrons. The lowest BCUT2D eigenvalue weighted by atomic mass is 9.93. The van der Waals surface area contributed by atoms with E-state index in [4.69, 9.17) is 9.47 Å². The Labute approximate surface area is 162 Å². The smallest absolute Gasteiger partial charge is 0.387 e. The molecule has 150 valence electrons. The van der Waals surface area contributed by atoms with Crippen molar-refractivity contribution in [1.82, 2.24) is 9.88 Å². The van der Waals surface area contributed by atoms with Gasteiger partial charge >= 0.3 is 6.61 Å². The van der Waals surface area contributed by atoms with E-state index in [9.17, 15) is 13.6 Å². The number of likely N-dealkylation sites (tertiary alicyclic amines) is 1. The molecule has 1 atom stereocenters. The predicted molar refractivity (Wildman–Crippen MR) is 97.6 cm³/mol. The molecule has 0 aliphatic carbocycles. The lowest BCUT2D eigenvalue weighted by Gasteiger charge is -2.37. The molecule has 1 saturated heterocycles. The van der Waals surface area contributed by atoms with Crippen molar-refractivity contribution < 1.29 is 27.8 Å². The topological polar surface area (TPSA) is 60.9 Å². The van der Waals surface area contributed by atoms with Crippen molar-refractivity contribution in [2.24, 2.45) is 0 Å². The highest BCUT2D eigenvalue weighted by Crippen LogP contribution is 2.42. The fraction of sp³-hybridized carbons (Fsp3) is 0.400. The number of alkyl halides is 2. The van der Waals surface area contributed by atoms with Crippen molar-refractivity contribution in [2.75, 3.05) is 14.2 Å². The Kier molecular flexibility index (Phi) is 6.28. The third-order valence-corrected chi connectivity index (χ3v) is 4.72. The van der Waals surface area contributed by atoms with Gasteiger partial charge < -0.3 is 19.1 Å². The normalized spacial score (nSPS) is 17.0. The van der Waals surface area contributed by atoms with Crippen molar-refractivity contribution >= 4 is 5.91 Å². The fourth-order valence-corrected chi connectivity index (χ4v) is 3.48. The van der Waals surface area contributed by atoms with E-state index < -0.39 is 6.61 Å². The van der Waals surface area contributed by atoms with Gasteiger partial charge in [0.25, 0.3) is 0 Å². The quantitative estimate of drug-likeness (QED) is 0.714. The van der Waals surface area contributed by atoms with Crippen molar-refractivity contribution in [2.45, 2.75) is 38.5 Å². The Balaban J connectivity index is 1.89. The first kappa shape index (κ1) is 19.9. The number of piperidine rings is 1. The van der Waals surface area contributed by atoms with Crippen molar-refractivity contribution in [3.8, 4) is 17.2 Å². The molecule has 3 rings (SSSR count). The monoisotopic (exact) mass is 392 g/mol. The highest BCUT2D eigenvalue weighted by atomic mass is 19.3. The zero-order valence-corrected chi connectivity index (χ0v) is 15.7. The molecule has 0 spiro atoms. The number of carbonyl (C=O) groups is 1. The SMILES string of the molecule is COc1cccc(OC)c1C1CCCC(=O)N1Cc1ccc(OC(F)F)cn1. The molecule has 2 aromatic rings. The molecule has 8 heteroatoms. The summed E-state index contributed by atoms with van der Waals surface area (Å²) in [5.74, 6) is 1.28. The van der Waals surface area contributed by atoms with Crippen LogP contribution in [-0.2, 0) is 11.3 Å². The molecule has 1 amide bonds. The highest BCUT2D eigenvalue weighted by molar-refractivity contribution is 5.78. The Morgan fingerprint density at radius 3 is 2.46 bits per heavy atom. The number of nitrogens with zero attached hydrogens (tertiary/aromatic N) is 2. The number of benzene rings is 1. The van der Waals surface area contributed by atoms with Gasteiger partial charge in [-0.15, -0.1) is 0 Å². The molecule has 0 saturated carbocycles. The second-order valence-corrected chi connectivity index (χ2v) is 6.37. The van der Waals surface area contributed by atoms with Crippen LogP contribution in [0.4, 0.5) is 8.78 Å². The van der Waals surface area contributed by atoms with E-state index in [1.165, 1.54) is 12.3 Å². The number of hydrogen-bond acceptors (Lipinski definition) is 5. The molecule has 1 unspecified atom stereocenters. The summed E-state index contributed by atoms with van der Waals surface area (Å²) in [5, 5.41) is 0. The predicted octanol–water partition coefficient (Wildman–Crippen LogP) is 3.95. The van der Waals surface area contributed by atoms with Crippen molar-refractivity contribution in [3.63, 3.8) is 0 Å². The largest absolute Gasteiger partial charge is 0.496 e. The number of rotatable bonds is 7. The molecule has 0 bridgehead atoms. The molecule has 1 fully saturated rings. The van der Waals surface area contributed by atoms with Gasteiger partial charge in [-0.3, -0.25) is 9.78 Å². The minimum atomic E-state index is -2.90. The number of hydrogen-bond donors (Lipinski definition) is 0. The number of halogens is 2. The minimum absolute atomic E-state index is 0.00100. The number of aromatic nitrogens is 1. The van der Waals surface area contributed by atoms with Crippen LogP contribution in [0.1, 0.15) is 36.6 Å². The Morgan fingerprint density at radius 1 is 1.18 bits per heavy atom. The maximum absolute atomic E-state index is 12.7. The maximum atomic E-state index is 12.7. The summed E-state index contributed by atoms with van der Waals surface area (Å²) in [5.41, 5.74) is 1.40. The average molecular weight is 392 g/mol. The molecule has 6 nitrogen and oxygen atoms in total. The van der Waals surface area contributed by atoms with Gasteiger partial charge in [-0.2, -0.15) is 8.78 Å². The van der Waals surface area contributed by atoms with Crippen LogP contribution < -0.4 is 14.2 Å². The summed E-state index contributed by atoms with van der Waals surface area (Å²) in [6, 6.07) is 8.27. The fourth-order valence-electron chi connectivity index (χ4n) is 3.48. The summed E-state index contributed by atoms with van der Waals surface area (Å²) < 4.78 is 39.9. The van der Waals surface area contributed by atoms with E-state index in [1.807, 2.05) is 18.2 Å². The van der Waals surface area contributed by atoms with Gasteiger partial charge in [0.2, 0.25) is 5.91 Å². The minimum Gasteiger partial charge on any atom is -0.496 e. The van der Waals surface area contributed by atoms with Crippen LogP contribution in [0.2, 0.25) is 0 Å². The summed E-state index contributed by atoms with van der Waals surface area (Å²) in [7, 11) is 3.16. The summed E-state index contributed by atoms with van der Waals surface area (Å²) >= 11 is 0. The van der Waals surface area contributed by atoms with Crippen LogP contribution in [0.5, 0.6) is 17.2 Å². The van der Waals surface area contributed by atoms with Crippen LogP contribution in [0.3, 0.4) is 0 Å². The Bertz CT molecular complexity index is 792. The van der Waals surface area contributed by atoms with Crippen LogP contribution in [0.15, 0.2) is 36.5 Å². The highest BCUT2D eigenvalue weighted by Gasteiger charge is 2.33. The second-order valence-electron chi connectivity index (χ2n) is 6.37. The number of pyridine rings is 1. The first-order valence-electron chi connectivity index (χ1n) is 8.93. The lowest BCUT2D eigenvalue weighted by Crippen LogP contribution is -2.38. The van der Waals surface area contributed by atoms with Gasteiger partial charge in [0.05, 0.1) is 44.3 Å². The maximum Gasteiger partial charge on any atom is 0.387 e. The molecule has 1 aliphatic rings. The number of carbonyl (C=O) groups excluding carboxylic acids is 1. The molecular weight excluding hydrogens is 370 g/mol. The third-order valence-electron chi connectivity index (χ3n) is 4.72. The first-order valence-corrected chi connectivity index (χ1v) is 8.93. The first-order chi connectivity index (χ1) is 13.5. The number of methoxy groups -OCH3 is 2. The van der Waals surface area contributed by atoms with E-state index in [0.717, 1.165) is 18.4 Å². The van der Waals surface area contributed by atoms with Gasteiger partial charge in [-0.1, -0.05) is 6.07 Å². The van der Waals surface area contributed by atoms with E-state index in [1.54, 1.807) is 25.2 Å². The molecule has 1 aromatic heterocycles. The van der Waals surface area contributed by atoms with Gasteiger partial charge in [0.1, 0.15) is 17.2 Å². The summed E-state index contributed by atoms with van der Waals surface area (Å²) in [4.78, 5) is 18.6. The molecule has 1 aromatic carbocycles. The van der Waals surface area contributed by atoms with Gasteiger partial charge in [-0.25, -0.2) is 0 Å². The standard InChI is InChI=1S/C20H22F2N2O4/c1-26-16-6-4-7-17(27-2)19(16)15-5-3-8-18(25)24(15)12-13-9-10-14(11-23-13)28-20(21)22/h4,6-7,9-11,15,20H,3,5,8,12H2,1-2H3. The number of ether oxygens (including phenoxy) is 3. The summed E-state index contributed by atoms with van der Waals surface area (Å²) in [6.45, 7) is -2.65. The van der Waals surface area contributed by atoms with E-state index >= 15 is 0 Å². The molecule has 28 heavy (non-hydrogen) atoms. The average Bonchev–Trinajstić information content (AvgIpc) is 2.70. The Hall–Kier alpha value is -2.90. The molecule has 0 N–H and O–H groups in total. The molecule has 2 heterocycles. The zero-order valence-electron chi connectivity index (χ0n) is 15.7. The second kappa shape index (κ2) is 8.86. The van der Waals surface area contributed by atoms with Crippen LogP contribution in [0.25, 0.3) is 0 Å². The van der Waals surface area contributed by atoms with Crippen LogP contribution in [0, 0.1) is 0 Å². The van der Waals surface area contributed by atoms with Crippen molar-refractivity contribution in [1.29, 1.82) is 0 Å². The van der Waals surface area contributed by atoms with Crippen LogP contribution >= 0.6 is 0 Å². The van der Waals surface area contributed by atoms with E-state index in [0.29, 0.717) is 23.6 Å². The lowest BCUT2D eigenvalue weighted by molar-refractivity contribution is -0.137. The summed E-state index contributed by atoms with van der Waals surface area (Å²) in [6.07, 6.45) is 3.19. The van der Waals surface area contributed by atoms with E-state index in [2.05, 4.69) is 9.72 Å². The third kappa shape index (κ3) is 4.32. The zero-order chi connectivity index (χ0) is 20.1. The molecule has 1 aliphatic heterocycles. The Morgan fingerprint density at radius 2 is 1.89 bits per heavy atom. The van der Waals surface area contributed by atoms with E-state index in [-0.39, 0.29) is 24.2 Å². The molecular formula is C20H22F2N2O4. The van der Waals surface area contributed by atoms with Gasteiger partial charge in [0, 0.05) is 6.42 Å². The number of amides is 1. The van der Waals surface area contributed by atoms with Gasteiger partial charge in [-0.05, 0) is 37.1 Å². The van der Waals surface area contributed by atoms with Gasteiger partial charge in [0.15, 0.2) is 0 Å². The van der Waals surface area contributed by atoms with Crippen molar-refractivity contribution in [3.05, 3.63) is 47.8 Å².